The fourth-order valence-corrected chi connectivity index (χ4v) is 1.19. The van der Waals surface area contributed by atoms with Crippen LogP contribution in [-0.2, 0) is 0 Å². The van der Waals surface area contributed by atoms with E-state index >= 15 is 0 Å². The Morgan fingerprint density at radius 1 is 1.33 bits per heavy atom. The van der Waals surface area contributed by atoms with Crippen LogP contribution in [0.4, 0.5) is 0 Å². The van der Waals surface area contributed by atoms with Crippen molar-refractivity contribution in [1.29, 1.82) is 5.41 Å². The number of amidine groups is 1. The zero-order chi connectivity index (χ0) is 11.4. The standard InChI is InChI=1S/C11H16N2O2/c1-7(2)15-9-5-4-8(11(12)13)6-10(9)14-3/h4-7H,1-3H3,(H3,12,13). The Labute approximate surface area is 89.5 Å². The van der Waals surface area contributed by atoms with E-state index in [1.165, 1.54) is 0 Å². The molecule has 0 aliphatic carbocycles. The van der Waals surface area contributed by atoms with Crippen molar-refractivity contribution in [3.05, 3.63) is 23.8 Å². The van der Waals surface area contributed by atoms with E-state index in [0.717, 1.165) is 0 Å². The van der Waals surface area contributed by atoms with E-state index in [1.54, 1.807) is 25.3 Å². The van der Waals surface area contributed by atoms with Gasteiger partial charge in [-0.15, -0.1) is 0 Å². The topological polar surface area (TPSA) is 68.3 Å². The molecule has 4 nitrogen and oxygen atoms in total. The Bertz CT molecular complexity index is 362. The second-order valence-electron chi connectivity index (χ2n) is 3.45. The maximum Gasteiger partial charge on any atom is 0.161 e. The molecule has 0 saturated carbocycles. The van der Waals surface area contributed by atoms with Crippen molar-refractivity contribution in [2.45, 2.75) is 20.0 Å². The number of methoxy groups -OCH3 is 1. The van der Waals surface area contributed by atoms with Crippen LogP contribution in [0.5, 0.6) is 11.5 Å². The lowest BCUT2D eigenvalue weighted by Gasteiger charge is -2.14. The highest BCUT2D eigenvalue weighted by Crippen LogP contribution is 2.28. The first-order chi connectivity index (χ1) is 7.04. The van der Waals surface area contributed by atoms with Crippen molar-refractivity contribution in [3.63, 3.8) is 0 Å². The van der Waals surface area contributed by atoms with Gasteiger partial charge < -0.3 is 15.2 Å². The molecule has 0 aromatic heterocycles. The number of nitrogens with two attached hydrogens (primary N) is 1. The highest BCUT2D eigenvalue weighted by Gasteiger charge is 2.08. The van der Waals surface area contributed by atoms with E-state index in [2.05, 4.69) is 0 Å². The van der Waals surface area contributed by atoms with Crippen LogP contribution < -0.4 is 15.2 Å². The van der Waals surface area contributed by atoms with E-state index < -0.39 is 0 Å². The lowest BCUT2D eigenvalue weighted by Crippen LogP contribution is -2.12. The maximum atomic E-state index is 7.30. The minimum Gasteiger partial charge on any atom is -0.493 e. The summed E-state index contributed by atoms with van der Waals surface area (Å²) in [6.07, 6.45) is 0.0853. The summed E-state index contributed by atoms with van der Waals surface area (Å²) in [5, 5.41) is 7.30. The van der Waals surface area contributed by atoms with Gasteiger partial charge in [0.05, 0.1) is 13.2 Å². The Hall–Kier alpha value is -1.71. The van der Waals surface area contributed by atoms with E-state index in [4.69, 9.17) is 20.6 Å². The van der Waals surface area contributed by atoms with Gasteiger partial charge in [-0.2, -0.15) is 0 Å². The third-order valence-corrected chi connectivity index (χ3v) is 1.84. The van der Waals surface area contributed by atoms with Crippen molar-refractivity contribution in [1.82, 2.24) is 0 Å². The number of ether oxygens (including phenoxy) is 2. The Kier molecular flexibility index (Phi) is 3.55. The summed E-state index contributed by atoms with van der Waals surface area (Å²) in [6, 6.07) is 5.19. The van der Waals surface area contributed by atoms with Gasteiger partial charge in [-0.3, -0.25) is 5.41 Å². The fourth-order valence-electron chi connectivity index (χ4n) is 1.19. The Balaban J connectivity index is 3.03. The van der Waals surface area contributed by atoms with Crippen molar-refractivity contribution >= 4 is 5.84 Å². The molecule has 0 atom stereocenters. The summed E-state index contributed by atoms with van der Waals surface area (Å²) in [4.78, 5) is 0. The zero-order valence-electron chi connectivity index (χ0n) is 9.20. The van der Waals surface area contributed by atoms with Crippen LogP contribution in [0.1, 0.15) is 19.4 Å². The summed E-state index contributed by atoms with van der Waals surface area (Å²) in [5.74, 6) is 1.28. The largest absolute Gasteiger partial charge is 0.493 e. The molecule has 1 aromatic rings. The number of nitrogens with one attached hydrogen (secondary N) is 1. The van der Waals surface area contributed by atoms with Crippen molar-refractivity contribution in [2.75, 3.05) is 7.11 Å². The quantitative estimate of drug-likeness (QED) is 0.585. The molecule has 0 heterocycles. The number of nitrogen functional groups attached to an aromatic ring is 1. The number of benzene rings is 1. The third kappa shape index (κ3) is 2.87. The second kappa shape index (κ2) is 4.68. The minimum absolute atomic E-state index is 0.0180. The molecular formula is C11H16N2O2. The van der Waals surface area contributed by atoms with Gasteiger partial charge in [-0.05, 0) is 32.0 Å². The first kappa shape index (κ1) is 11.4. The van der Waals surface area contributed by atoms with Crippen molar-refractivity contribution in [2.24, 2.45) is 5.73 Å². The smallest absolute Gasteiger partial charge is 0.161 e. The molecule has 0 aliphatic rings. The number of hydrogen-bond donors (Lipinski definition) is 2. The van der Waals surface area contributed by atoms with Gasteiger partial charge in [0.15, 0.2) is 11.5 Å². The van der Waals surface area contributed by atoms with Crippen LogP contribution in [0, 0.1) is 5.41 Å². The van der Waals surface area contributed by atoms with Crippen LogP contribution in [0.15, 0.2) is 18.2 Å². The van der Waals surface area contributed by atoms with Crippen LogP contribution >= 0.6 is 0 Å². The molecule has 0 aliphatic heterocycles. The predicted octanol–water partition coefficient (Wildman–Crippen LogP) is 1.77. The fraction of sp³-hybridized carbons (Fsp3) is 0.364. The van der Waals surface area contributed by atoms with Gasteiger partial charge >= 0.3 is 0 Å². The molecule has 15 heavy (non-hydrogen) atoms. The van der Waals surface area contributed by atoms with Gasteiger partial charge in [0.25, 0.3) is 0 Å². The van der Waals surface area contributed by atoms with Gasteiger partial charge in [0, 0.05) is 5.56 Å². The van der Waals surface area contributed by atoms with Crippen molar-refractivity contribution in [3.8, 4) is 11.5 Å². The van der Waals surface area contributed by atoms with E-state index in [0.29, 0.717) is 17.1 Å². The molecule has 0 bridgehead atoms. The third-order valence-electron chi connectivity index (χ3n) is 1.84. The van der Waals surface area contributed by atoms with Crippen LogP contribution in [0.2, 0.25) is 0 Å². The summed E-state index contributed by atoms with van der Waals surface area (Å²) in [6.45, 7) is 3.89. The van der Waals surface area contributed by atoms with Crippen LogP contribution in [0.25, 0.3) is 0 Å². The highest BCUT2D eigenvalue weighted by atomic mass is 16.5. The Morgan fingerprint density at radius 2 is 2.00 bits per heavy atom. The Morgan fingerprint density at radius 3 is 2.47 bits per heavy atom. The molecule has 0 saturated heterocycles. The SMILES string of the molecule is COc1cc(C(=N)N)ccc1OC(C)C. The molecule has 4 heteroatoms. The molecule has 0 spiro atoms. The van der Waals surface area contributed by atoms with Crippen LogP contribution in [-0.4, -0.2) is 19.0 Å². The maximum absolute atomic E-state index is 7.30. The van der Waals surface area contributed by atoms with E-state index in [-0.39, 0.29) is 11.9 Å². The molecule has 3 N–H and O–H groups in total. The van der Waals surface area contributed by atoms with Crippen molar-refractivity contribution < 1.29 is 9.47 Å². The van der Waals surface area contributed by atoms with Gasteiger partial charge in [-0.1, -0.05) is 0 Å². The van der Waals surface area contributed by atoms with Gasteiger partial charge in [0.2, 0.25) is 0 Å². The molecule has 0 fully saturated rings. The first-order valence-electron chi connectivity index (χ1n) is 4.73. The second-order valence-corrected chi connectivity index (χ2v) is 3.45. The summed E-state index contributed by atoms with van der Waals surface area (Å²) >= 11 is 0. The summed E-state index contributed by atoms with van der Waals surface area (Å²) in [5.41, 5.74) is 6.00. The normalized spacial score (nSPS) is 10.1. The predicted molar refractivity (Wildman–Crippen MR) is 59.8 cm³/mol. The van der Waals surface area contributed by atoms with Gasteiger partial charge in [0.1, 0.15) is 5.84 Å². The van der Waals surface area contributed by atoms with Gasteiger partial charge in [-0.25, -0.2) is 0 Å². The first-order valence-corrected chi connectivity index (χ1v) is 4.73. The molecule has 0 amide bonds. The molecule has 0 radical (unpaired) electrons. The monoisotopic (exact) mass is 208 g/mol. The molecule has 0 unspecified atom stereocenters. The average Bonchev–Trinajstić information content (AvgIpc) is 2.17. The van der Waals surface area contributed by atoms with E-state index in [9.17, 15) is 0 Å². The molecular weight excluding hydrogens is 192 g/mol. The van der Waals surface area contributed by atoms with E-state index in [1.807, 2.05) is 13.8 Å². The molecule has 1 aromatic carbocycles. The van der Waals surface area contributed by atoms with Crippen LogP contribution in [0.3, 0.4) is 0 Å². The molecule has 1 rings (SSSR count). The lowest BCUT2D eigenvalue weighted by atomic mass is 10.2. The lowest BCUT2D eigenvalue weighted by molar-refractivity contribution is 0.230. The number of hydrogen-bond acceptors (Lipinski definition) is 3. The zero-order valence-corrected chi connectivity index (χ0v) is 9.20. The summed E-state index contributed by atoms with van der Waals surface area (Å²) in [7, 11) is 1.56. The minimum atomic E-state index is 0.0180. The summed E-state index contributed by atoms with van der Waals surface area (Å²) < 4.78 is 10.7. The average molecular weight is 208 g/mol. The number of rotatable bonds is 4. The highest BCUT2D eigenvalue weighted by molar-refractivity contribution is 5.95. The molecule has 82 valence electrons.